The van der Waals surface area contributed by atoms with Gasteiger partial charge in [-0.15, -0.1) is 0 Å². The molecule has 170 valence electrons. The Hall–Kier alpha value is -2.87. The summed E-state index contributed by atoms with van der Waals surface area (Å²) in [5, 5.41) is 11.0. The van der Waals surface area contributed by atoms with Gasteiger partial charge in [0.25, 0.3) is 0 Å². The lowest BCUT2D eigenvalue weighted by molar-refractivity contribution is -0.172. The number of hydrogen-bond donors (Lipinski definition) is 1. The summed E-state index contributed by atoms with van der Waals surface area (Å²) in [7, 11) is 1.45. The van der Waals surface area contributed by atoms with Gasteiger partial charge in [0, 0.05) is 12.3 Å². The lowest BCUT2D eigenvalue weighted by Gasteiger charge is -2.43. The molecule has 1 aliphatic carbocycles. The van der Waals surface area contributed by atoms with Crippen molar-refractivity contribution in [2.75, 3.05) is 26.9 Å². The molecule has 0 saturated heterocycles. The fourth-order valence-electron chi connectivity index (χ4n) is 4.04. The van der Waals surface area contributed by atoms with Crippen molar-refractivity contribution in [1.82, 2.24) is 0 Å². The van der Waals surface area contributed by atoms with E-state index in [2.05, 4.69) is 6.58 Å². The number of ketones is 1. The lowest BCUT2D eigenvalue weighted by Crippen LogP contribution is -2.55. The average Bonchev–Trinajstić information content (AvgIpc) is 2.71. The van der Waals surface area contributed by atoms with E-state index in [4.69, 9.17) is 18.9 Å². The van der Waals surface area contributed by atoms with Crippen LogP contribution in [0.1, 0.15) is 38.7 Å². The van der Waals surface area contributed by atoms with E-state index >= 15 is 0 Å². The van der Waals surface area contributed by atoms with Gasteiger partial charge in [-0.2, -0.15) is 0 Å². The number of methoxy groups -OCH3 is 1. The van der Waals surface area contributed by atoms with Crippen molar-refractivity contribution < 1.29 is 38.4 Å². The Labute approximate surface area is 182 Å². The molecule has 4 atom stereocenters. The summed E-state index contributed by atoms with van der Waals surface area (Å²) in [6.45, 7) is 8.71. The number of carbonyl (C=O) groups is 3. The highest BCUT2D eigenvalue weighted by molar-refractivity contribution is 6.02. The lowest BCUT2D eigenvalue weighted by atomic mass is 9.61. The van der Waals surface area contributed by atoms with Crippen molar-refractivity contribution in [1.29, 1.82) is 0 Å². The van der Waals surface area contributed by atoms with Gasteiger partial charge in [0.15, 0.2) is 17.3 Å². The first-order valence-electron chi connectivity index (χ1n) is 10.2. The predicted molar refractivity (Wildman–Crippen MR) is 112 cm³/mol. The molecule has 8 heteroatoms. The summed E-state index contributed by atoms with van der Waals surface area (Å²) in [4.78, 5) is 38.5. The minimum Gasteiger partial charge on any atom is -0.493 e. The molecule has 1 saturated carbocycles. The largest absolute Gasteiger partial charge is 0.493 e. The van der Waals surface area contributed by atoms with E-state index in [1.807, 2.05) is 0 Å². The van der Waals surface area contributed by atoms with Gasteiger partial charge in [0.2, 0.25) is 0 Å². The van der Waals surface area contributed by atoms with Gasteiger partial charge in [-0.25, -0.2) is 0 Å². The SMILES string of the molecule is C=CCOc1ccc(C2C(C(=O)OCC)C(=O)CC(C)(O)C2C(=O)OCC)cc1OC. The van der Waals surface area contributed by atoms with Gasteiger partial charge in [0.1, 0.15) is 12.5 Å². The summed E-state index contributed by atoms with van der Waals surface area (Å²) >= 11 is 0. The molecular weight excluding hydrogens is 404 g/mol. The van der Waals surface area contributed by atoms with Crippen molar-refractivity contribution in [2.45, 2.75) is 38.7 Å². The topological polar surface area (TPSA) is 108 Å². The molecule has 1 aromatic rings. The summed E-state index contributed by atoms with van der Waals surface area (Å²) in [6.07, 6.45) is 1.21. The van der Waals surface area contributed by atoms with E-state index in [1.54, 1.807) is 38.1 Å². The highest BCUT2D eigenvalue weighted by Crippen LogP contribution is 2.48. The Morgan fingerprint density at radius 2 is 1.84 bits per heavy atom. The molecule has 4 unspecified atom stereocenters. The van der Waals surface area contributed by atoms with Crippen molar-refractivity contribution in [3.63, 3.8) is 0 Å². The van der Waals surface area contributed by atoms with Gasteiger partial charge in [-0.05, 0) is 38.5 Å². The minimum atomic E-state index is -1.71. The first-order chi connectivity index (χ1) is 14.7. The maximum atomic E-state index is 12.9. The van der Waals surface area contributed by atoms with E-state index in [0.29, 0.717) is 17.1 Å². The van der Waals surface area contributed by atoms with Crippen molar-refractivity contribution in [2.24, 2.45) is 11.8 Å². The molecule has 8 nitrogen and oxygen atoms in total. The number of aliphatic hydroxyl groups is 1. The normalized spacial score (nSPS) is 25.5. The average molecular weight is 434 g/mol. The smallest absolute Gasteiger partial charge is 0.317 e. The van der Waals surface area contributed by atoms with Gasteiger partial charge in [0.05, 0.1) is 31.8 Å². The zero-order valence-corrected chi connectivity index (χ0v) is 18.4. The number of hydrogen-bond acceptors (Lipinski definition) is 8. The fourth-order valence-corrected chi connectivity index (χ4v) is 4.04. The molecule has 0 heterocycles. The standard InChI is InChI=1S/C23H30O8/c1-6-11-31-16-10-9-14(12-17(16)28-5)18-19(21(25)29-7-2)15(24)13-23(4,27)20(18)22(26)30-8-3/h6,9-10,12,18-20,27H,1,7-8,11,13H2,2-5H3. The van der Waals surface area contributed by atoms with Gasteiger partial charge in [-0.1, -0.05) is 18.7 Å². The molecule has 0 aromatic heterocycles. The van der Waals surface area contributed by atoms with Crippen LogP contribution in [0.2, 0.25) is 0 Å². The van der Waals surface area contributed by atoms with E-state index in [1.165, 1.54) is 14.0 Å². The van der Waals surface area contributed by atoms with Gasteiger partial charge >= 0.3 is 11.9 Å². The van der Waals surface area contributed by atoms with Crippen LogP contribution in [0.4, 0.5) is 0 Å². The summed E-state index contributed by atoms with van der Waals surface area (Å²) in [5.41, 5.74) is -1.25. The van der Waals surface area contributed by atoms with Crippen molar-refractivity contribution in [3.8, 4) is 11.5 Å². The Morgan fingerprint density at radius 3 is 2.42 bits per heavy atom. The molecule has 0 spiro atoms. The highest BCUT2D eigenvalue weighted by atomic mass is 16.5. The molecule has 0 aliphatic heterocycles. The number of benzene rings is 1. The van der Waals surface area contributed by atoms with Crippen LogP contribution in [-0.2, 0) is 23.9 Å². The third-order valence-electron chi connectivity index (χ3n) is 5.28. The number of esters is 2. The molecule has 0 bridgehead atoms. The first kappa shape index (κ1) is 24.4. The molecule has 0 amide bonds. The molecule has 1 N–H and O–H groups in total. The van der Waals surface area contributed by atoms with E-state index in [9.17, 15) is 19.5 Å². The Kier molecular flexibility index (Phi) is 8.21. The van der Waals surface area contributed by atoms with Crippen LogP contribution in [-0.4, -0.2) is 55.4 Å². The maximum absolute atomic E-state index is 12.9. The Balaban J connectivity index is 2.65. The fraction of sp³-hybridized carbons (Fsp3) is 0.522. The second kappa shape index (κ2) is 10.4. The van der Waals surface area contributed by atoms with Gasteiger partial charge in [-0.3, -0.25) is 14.4 Å². The summed E-state index contributed by atoms with van der Waals surface area (Å²) in [6, 6.07) is 4.85. The number of rotatable bonds is 9. The quantitative estimate of drug-likeness (QED) is 0.359. The van der Waals surface area contributed by atoms with E-state index < -0.39 is 41.1 Å². The third kappa shape index (κ3) is 5.25. The van der Waals surface area contributed by atoms with Crippen molar-refractivity contribution in [3.05, 3.63) is 36.4 Å². The first-order valence-corrected chi connectivity index (χ1v) is 10.2. The van der Waals surface area contributed by atoms with Crippen LogP contribution in [0.5, 0.6) is 11.5 Å². The minimum absolute atomic E-state index is 0.0768. The number of ether oxygens (including phenoxy) is 4. The maximum Gasteiger partial charge on any atom is 0.317 e. The molecule has 1 fully saturated rings. The molecule has 0 radical (unpaired) electrons. The number of Topliss-reactive ketones (excluding diaryl/α,β-unsaturated/α-hetero) is 1. The van der Waals surface area contributed by atoms with Crippen LogP contribution in [0.15, 0.2) is 30.9 Å². The molecular formula is C23H30O8. The van der Waals surface area contributed by atoms with Crippen LogP contribution in [0.25, 0.3) is 0 Å². The predicted octanol–water partition coefficient (Wildman–Crippen LogP) is 2.43. The van der Waals surface area contributed by atoms with Crippen LogP contribution >= 0.6 is 0 Å². The van der Waals surface area contributed by atoms with Crippen molar-refractivity contribution >= 4 is 17.7 Å². The zero-order valence-electron chi connectivity index (χ0n) is 18.4. The Bertz CT molecular complexity index is 829. The van der Waals surface area contributed by atoms with Crippen LogP contribution in [0.3, 0.4) is 0 Å². The molecule has 2 rings (SSSR count). The van der Waals surface area contributed by atoms with E-state index in [0.717, 1.165) is 0 Å². The number of carbonyl (C=O) groups excluding carboxylic acids is 3. The summed E-state index contributed by atoms with van der Waals surface area (Å²) in [5.74, 6) is -4.58. The molecule has 1 aliphatic rings. The third-order valence-corrected chi connectivity index (χ3v) is 5.28. The van der Waals surface area contributed by atoms with Crippen LogP contribution < -0.4 is 9.47 Å². The molecule has 1 aromatic carbocycles. The van der Waals surface area contributed by atoms with Crippen LogP contribution in [0, 0.1) is 11.8 Å². The zero-order chi connectivity index (χ0) is 23.2. The monoisotopic (exact) mass is 434 g/mol. The van der Waals surface area contributed by atoms with Gasteiger partial charge < -0.3 is 24.1 Å². The molecule has 31 heavy (non-hydrogen) atoms. The van der Waals surface area contributed by atoms with E-state index in [-0.39, 0.29) is 26.2 Å². The highest BCUT2D eigenvalue weighted by Gasteiger charge is 2.57. The Morgan fingerprint density at radius 1 is 1.19 bits per heavy atom. The second-order valence-corrected chi connectivity index (χ2v) is 7.50. The summed E-state index contributed by atoms with van der Waals surface area (Å²) < 4.78 is 21.3. The second-order valence-electron chi connectivity index (χ2n) is 7.50.